The molecule has 1 aromatic heterocycles. The maximum Gasteiger partial charge on any atom is 0.262 e. The summed E-state index contributed by atoms with van der Waals surface area (Å²) in [6.45, 7) is 2.87. The highest BCUT2D eigenvalue weighted by molar-refractivity contribution is 5.42. The van der Waals surface area contributed by atoms with Gasteiger partial charge in [-0.25, -0.2) is 4.98 Å². The van der Waals surface area contributed by atoms with Gasteiger partial charge in [-0.15, -0.1) is 0 Å². The van der Waals surface area contributed by atoms with Crippen LogP contribution in [-0.4, -0.2) is 18.7 Å². The summed E-state index contributed by atoms with van der Waals surface area (Å²) in [6, 6.07) is 9.12. The third-order valence-electron chi connectivity index (χ3n) is 2.66. The molecule has 0 radical (unpaired) electrons. The second kappa shape index (κ2) is 6.77. The molecule has 0 saturated heterocycles. The van der Waals surface area contributed by atoms with Crippen molar-refractivity contribution >= 4 is 0 Å². The molecule has 20 heavy (non-hydrogen) atoms. The largest absolute Gasteiger partial charge is 0.497 e. The third-order valence-corrected chi connectivity index (χ3v) is 2.66. The van der Waals surface area contributed by atoms with Crippen molar-refractivity contribution in [1.29, 1.82) is 0 Å². The normalized spacial score (nSPS) is 10.2. The first-order valence-corrected chi connectivity index (χ1v) is 6.40. The maximum absolute atomic E-state index is 5.78. The zero-order valence-electron chi connectivity index (χ0n) is 11.6. The molecule has 0 spiro atoms. The highest BCUT2D eigenvalue weighted by Crippen LogP contribution is 2.31. The van der Waals surface area contributed by atoms with Crippen molar-refractivity contribution in [3.8, 4) is 23.1 Å². The average molecular weight is 274 g/mol. The van der Waals surface area contributed by atoms with Gasteiger partial charge in [0.2, 0.25) is 0 Å². The predicted molar refractivity (Wildman–Crippen MR) is 76.4 cm³/mol. The molecule has 2 aromatic rings. The summed E-state index contributed by atoms with van der Waals surface area (Å²) in [7, 11) is 1.60. The highest BCUT2D eigenvalue weighted by atomic mass is 16.5. The molecule has 0 aliphatic heterocycles. The molecule has 2 rings (SSSR count). The Kier molecular flexibility index (Phi) is 4.79. The summed E-state index contributed by atoms with van der Waals surface area (Å²) in [5.41, 5.74) is 6.59. The molecule has 0 amide bonds. The van der Waals surface area contributed by atoms with E-state index in [1.54, 1.807) is 25.4 Å². The highest BCUT2D eigenvalue weighted by Gasteiger charge is 2.09. The zero-order chi connectivity index (χ0) is 14.4. The third kappa shape index (κ3) is 3.39. The Hall–Kier alpha value is -2.27. The molecule has 0 unspecified atom stereocenters. The number of rotatable bonds is 6. The Bertz CT molecular complexity index is 551. The summed E-state index contributed by atoms with van der Waals surface area (Å²) >= 11 is 0. The number of hydrogen-bond donors (Lipinski definition) is 1. The minimum absolute atomic E-state index is 0.411. The van der Waals surface area contributed by atoms with E-state index in [2.05, 4.69) is 4.98 Å². The smallest absolute Gasteiger partial charge is 0.262 e. The quantitative estimate of drug-likeness (QED) is 0.877. The lowest BCUT2D eigenvalue weighted by atomic mass is 10.2. The van der Waals surface area contributed by atoms with Gasteiger partial charge in [0, 0.05) is 18.8 Å². The van der Waals surface area contributed by atoms with Gasteiger partial charge in [0.15, 0.2) is 5.75 Å². The van der Waals surface area contributed by atoms with Crippen molar-refractivity contribution in [2.75, 3.05) is 13.7 Å². The first-order valence-electron chi connectivity index (χ1n) is 6.40. The van der Waals surface area contributed by atoms with E-state index in [0.717, 1.165) is 5.56 Å². The van der Waals surface area contributed by atoms with Crippen molar-refractivity contribution in [2.45, 2.75) is 13.5 Å². The molecule has 0 saturated carbocycles. The van der Waals surface area contributed by atoms with Crippen LogP contribution in [0.3, 0.4) is 0 Å². The monoisotopic (exact) mass is 274 g/mol. The molecule has 1 aromatic carbocycles. The molecule has 1 heterocycles. The van der Waals surface area contributed by atoms with Crippen molar-refractivity contribution in [1.82, 2.24) is 4.98 Å². The van der Waals surface area contributed by atoms with Crippen LogP contribution in [0, 0.1) is 0 Å². The van der Waals surface area contributed by atoms with Crippen LogP contribution in [0.5, 0.6) is 23.1 Å². The van der Waals surface area contributed by atoms with Gasteiger partial charge >= 0.3 is 0 Å². The Balaban J connectivity index is 2.29. The topological polar surface area (TPSA) is 66.6 Å². The van der Waals surface area contributed by atoms with Crippen LogP contribution in [0.2, 0.25) is 0 Å². The molecule has 0 atom stereocenters. The van der Waals surface area contributed by atoms with Gasteiger partial charge < -0.3 is 19.9 Å². The zero-order valence-corrected chi connectivity index (χ0v) is 11.6. The number of methoxy groups -OCH3 is 1. The Morgan fingerprint density at radius 1 is 1.20 bits per heavy atom. The fraction of sp³-hybridized carbons (Fsp3) is 0.267. The van der Waals surface area contributed by atoms with Crippen molar-refractivity contribution < 1.29 is 14.2 Å². The van der Waals surface area contributed by atoms with Gasteiger partial charge in [-0.05, 0) is 36.8 Å². The van der Waals surface area contributed by atoms with E-state index >= 15 is 0 Å². The molecule has 2 N–H and O–H groups in total. The number of ether oxygens (including phenoxy) is 3. The van der Waals surface area contributed by atoms with Gasteiger partial charge in [-0.1, -0.05) is 0 Å². The van der Waals surface area contributed by atoms with Gasteiger partial charge in [0.25, 0.3) is 5.88 Å². The number of nitrogens with two attached hydrogens (primary N) is 1. The van der Waals surface area contributed by atoms with Gasteiger partial charge in [0.05, 0.1) is 13.7 Å². The number of hydrogen-bond acceptors (Lipinski definition) is 5. The number of benzene rings is 1. The number of nitrogens with zero attached hydrogens (tertiary/aromatic N) is 1. The van der Waals surface area contributed by atoms with Crippen molar-refractivity contribution in [3.63, 3.8) is 0 Å². The number of pyridine rings is 1. The minimum Gasteiger partial charge on any atom is -0.497 e. The lowest BCUT2D eigenvalue weighted by Gasteiger charge is -2.12. The maximum atomic E-state index is 5.78. The second-order valence-corrected chi connectivity index (χ2v) is 4.06. The van der Waals surface area contributed by atoms with E-state index in [-0.39, 0.29) is 0 Å². The van der Waals surface area contributed by atoms with E-state index in [9.17, 15) is 0 Å². The molecule has 5 nitrogen and oxygen atoms in total. The van der Waals surface area contributed by atoms with Crippen LogP contribution in [0.4, 0.5) is 0 Å². The number of aromatic nitrogens is 1. The van der Waals surface area contributed by atoms with Crippen LogP contribution in [0.1, 0.15) is 12.5 Å². The van der Waals surface area contributed by atoms with Crippen LogP contribution >= 0.6 is 0 Å². The molecular formula is C15H18N2O3. The summed E-state index contributed by atoms with van der Waals surface area (Å²) < 4.78 is 16.5. The lowest BCUT2D eigenvalue weighted by molar-refractivity contribution is 0.315. The summed E-state index contributed by atoms with van der Waals surface area (Å²) in [5, 5.41) is 0. The van der Waals surface area contributed by atoms with Crippen molar-refractivity contribution in [3.05, 3.63) is 42.1 Å². The van der Waals surface area contributed by atoms with Crippen molar-refractivity contribution in [2.24, 2.45) is 5.73 Å². The summed E-state index contributed by atoms with van der Waals surface area (Å²) in [5.74, 6) is 2.33. The first kappa shape index (κ1) is 14.1. The second-order valence-electron chi connectivity index (χ2n) is 4.06. The van der Waals surface area contributed by atoms with E-state index in [4.69, 9.17) is 19.9 Å². The minimum atomic E-state index is 0.411. The Labute approximate surface area is 118 Å². The standard InChI is InChI=1S/C15H18N2O3/c1-3-19-14-5-4-6-17-15(14)20-13-8-11(10-16)7-12(9-13)18-2/h4-9H,3,10,16H2,1-2H3. The van der Waals surface area contributed by atoms with Gasteiger partial charge in [-0.2, -0.15) is 0 Å². The molecule has 0 aliphatic carbocycles. The van der Waals surface area contributed by atoms with E-state index in [1.807, 2.05) is 25.1 Å². The molecule has 106 valence electrons. The average Bonchev–Trinajstić information content (AvgIpc) is 2.49. The fourth-order valence-corrected chi connectivity index (χ4v) is 1.75. The van der Waals surface area contributed by atoms with Crippen LogP contribution in [-0.2, 0) is 6.54 Å². The molecule has 0 bridgehead atoms. The van der Waals surface area contributed by atoms with E-state index < -0.39 is 0 Å². The van der Waals surface area contributed by atoms with E-state index in [0.29, 0.717) is 36.3 Å². The molecule has 0 aliphatic rings. The summed E-state index contributed by atoms with van der Waals surface area (Å²) in [4.78, 5) is 4.18. The van der Waals surface area contributed by atoms with Crippen LogP contribution < -0.4 is 19.9 Å². The molecule has 0 fully saturated rings. The SMILES string of the molecule is CCOc1cccnc1Oc1cc(CN)cc(OC)c1. The Morgan fingerprint density at radius 2 is 2.00 bits per heavy atom. The fourth-order valence-electron chi connectivity index (χ4n) is 1.75. The first-order chi connectivity index (χ1) is 9.76. The summed E-state index contributed by atoms with van der Waals surface area (Å²) in [6.07, 6.45) is 1.65. The van der Waals surface area contributed by atoms with Gasteiger partial charge in [0.1, 0.15) is 11.5 Å². The molecule has 5 heteroatoms. The van der Waals surface area contributed by atoms with Crippen LogP contribution in [0.25, 0.3) is 0 Å². The van der Waals surface area contributed by atoms with Crippen LogP contribution in [0.15, 0.2) is 36.5 Å². The lowest BCUT2D eigenvalue weighted by Crippen LogP contribution is -1.99. The van der Waals surface area contributed by atoms with E-state index in [1.165, 1.54) is 0 Å². The Morgan fingerprint density at radius 3 is 2.70 bits per heavy atom. The molecular weight excluding hydrogens is 256 g/mol. The predicted octanol–water partition coefficient (Wildman–Crippen LogP) is 2.74. The van der Waals surface area contributed by atoms with Gasteiger partial charge in [-0.3, -0.25) is 0 Å².